The van der Waals surface area contributed by atoms with Crippen molar-refractivity contribution in [3.8, 4) is 0 Å². The number of unbranched alkanes of at least 4 members (excludes halogenated alkanes) is 2. The fraction of sp³-hybridized carbons (Fsp3) is 0.917. The average Bonchev–Trinajstić information content (AvgIpc) is 2.24. The van der Waals surface area contributed by atoms with Crippen molar-refractivity contribution in [2.45, 2.75) is 32.2 Å². The van der Waals surface area contributed by atoms with Crippen LogP contribution in [0.1, 0.15) is 26.2 Å². The predicted octanol–water partition coefficient (Wildman–Crippen LogP) is 0.198. The highest BCUT2D eigenvalue weighted by Crippen LogP contribution is 1.96. The Morgan fingerprint density at radius 2 is 2.12 bits per heavy atom. The molecule has 0 saturated heterocycles. The third-order valence-corrected chi connectivity index (χ3v) is 2.48. The molecular weight excluding hydrogens is 218 g/mol. The molecule has 5 nitrogen and oxygen atoms in total. The largest absolute Gasteiger partial charge is 0.383 e. The molecule has 3 N–H and O–H groups in total. The lowest BCUT2D eigenvalue weighted by Gasteiger charge is -2.18. The molecule has 0 rings (SSSR count). The van der Waals surface area contributed by atoms with Gasteiger partial charge in [0.2, 0.25) is 5.91 Å². The summed E-state index contributed by atoms with van der Waals surface area (Å²) in [6, 6.07) is 0.0677. The van der Waals surface area contributed by atoms with E-state index in [-0.39, 0.29) is 11.9 Å². The molecule has 1 unspecified atom stereocenters. The zero-order valence-electron chi connectivity index (χ0n) is 11.4. The van der Waals surface area contributed by atoms with Gasteiger partial charge in [-0.1, -0.05) is 6.42 Å². The summed E-state index contributed by atoms with van der Waals surface area (Å²) in [5.41, 5.74) is 5.42. The molecule has 0 bridgehead atoms. The third-order valence-electron chi connectivity index (χ3n) is 2.48. The van der Waals surface area contributed by atoms with Crippen LogP contribution in [0.15, 0.2) is 0 Å². The number of nitrogens with zero attached hydrogens (tertiary/aromatic N) is 1. The van der Waals surface area contributed by atoms with Crippen LogP contribution in [0.5, 0.6) is 0 Å². The zero-order chi connectivity index (χ0) is 13.1. The Balaban J connectivity index is 3.58. The summed E-state index contributed by atoms with van der Waals surface area (Å²) < 4.78 is 4.96. The molecule has 0 aromatic carbocycles. The number of carbonyl (C=O) groups is 1. The monoisotopic (exact) mass is 245 g/mol. The number of methoxy groups -OCH3 is 1. The highest BCUT2D eigenvalue weighted by molar-refractivity contribution is 5.78. The van der Waals surface area contributed by atoms with Crippen molar-refractivity contribution in [1.82, 2.24) is 10.2 Å². The van der Waals surface area contributed by atoms with Crippen molar-refractivity contribution in [3.63, 3.8) is 0 Å². The van der Waals surface area contributed by atoms with Crippen molar-refractivity contribution in [2.24, 2.45) is 5.73 Å². The first-order chi connectivity index (χ1) is 8.10. The number of hydrogen-bond acceptors (Lipinski definition) is 4. The van der Waals surface area contributed by atoms with Gasteiger partial charge in [0.1, 0.15) is 0 Å². The molecule has 0 aromatic rings. The predicted molar refractivity (Wildman–Crippen MR) is 69.9 cm³/mol. The minimum Gasteiger partial charge on any atom is -0.383 e. The third kappa shape index (κ3) is 10.2. The van der Waals surface area contributed by atoms with Crippen molar-refractivity contribution in [1.29, 1.82) is 0 Å². The van der Waals surface area contributed by atoms with E-state index in [4.69, 9.17) is 10.5 Å². The second-order valence-corrected chi connectivity index (χ2v) is 4.51. The van der Waals surface area contributed by atoms with E-state index in [2.05, 4.69) is 5.32 Å². The van der Waals surface area contributed by atoms with E-state index in [1.807, 2.05) is 18.9 Å². The Morgan fingerprint density at radius 3 is 2.71 bits per heavy atom. The van der Waals surface area contributed by atoms with Crippen LogP contribution in [-0.4, -0.2) is 57.2 Å². The van der Waals surface area contributed by atoms with Crippen molar-refractivity contribution < 1.29 is 9.53 Å². The van der Waals surface area contributed by atoms with Crippen LogP contribution < -0.4 is 11.1 Å². The van der Waals surface area contributed by atoms with E-state index in [1.165, 1.54) is 0 Å². The maximum absolute atomic E-state index is 11.6. The fourth-order valence-electron chi connectivity index (χ4n) is 1.64. The van der Waals surface area contributed by atoms with Crippen LogP contribution in [0.3, 0.4) is 0 Å². The number of ether oxygens (including phenoxy) is 1. The van der Waals surface area contributed by atoms with Crippen molar-refractivity contribution in [3.05, 3.63) is 0 Å². The average molecular weight is 245 g/mol. The number of hydrogen-bond donors (Lipinski definition) is 2. The van der Waals surface area contributed by atoms with Gasteiger partial charge in [-0.15, -0.1) is 0 Å². The number of carbonyl (C=O) groups excluding carboxylic acids is 1. The van der Waals surface area contributed by atoms with E-state index < -0.39 is 0 Å². The number of amides is 1. The second kappa shape index (κ2) is 10.5. The Morgan fingerprint density at radius 1 is 1.41 bits per heavy atom. The number of likely N-dealkylation sites (N-methyl/N-ethyl adjacent to an activating group) is 1. The van der Waals surface area contributed by atoms with Gasteiger partial charge in [0, 0.05) is 13.2 Å². The molecule has 0 heterocycles. The Hall–Kier alpha value is -0.650. The van der Waals surface area contributed by atoms with Crippen LogP contribution in [0, 0.1) is 0 Å². The second-order valence-electron chi connectivity index (χ2n) is 4.51. The SMILES string of the molecule is COCC(C)NC(=O)CN(C)CCCCCN. The summed E-state index contributed by atoms with van der Waals surface area (Å²) in [7, 11) is 3.59. The maximum atomic E-state index is 11.6. The van der Waals surface area contributed by atoms with Gasteiger partial charge in [0.15, 0.2) is 0 Å². The van der Waals surface area contributed by atoms with Gasteiger partial charge in [-0.05, 0) is 39.9 Å². The van der Waals surface area contributed by atoms with Gasteiger partial charge in [0.05, 0.1) is 13.2 Å². The van der Waals surface area contributed by atoms with Crippen LogP contribution >= 0.6 is 0 Å². The van der Waals surface area contributed by atoms with Crippen LogP contribution in [0.4, 0.5) is 0 Å². The molecule has 17 heavy (non-hydrogen) atoms. The number of rotatable bonds is 10. The molecule has 0 saturated carbocycles. The van der Waals surface area contributed by atoms with Crippen molar-refractivity contribution >= 4 is 5.91 Å². The molecule has 1 atom stereocenters. The molecule has 5 heteroatoms. The number of nitrogens with two attached hydrogens (primary N) is 1. The van der Waals surface area contributed by atoms with Gasteiger partial charge in [0.25, 0.3) is 0 Å². The summed E-state index contributed by atoms with van der Waals surface area (Å²) in [6.45, 7) is 4.61. The lowest BCUT2D eigenvalue weighted by atomic mass is 10.2. The van der Waals surface area contributed by atoms with E-state index in [9.17, 15) is 4.79 Å². The Bertz CT molecular complexity index is 200. The lowest BCUT2D eigenvalue weighted by molar-refractivity contribution is -0.122. The van der Waals surface area contributed by atoms with E-state index in [0.29, 0.717) is 13.2 Å². The topological polar surface area (TPSA) is 67.6 Å². The highest BCUT2D eigenvalue weighted by atomic mass is 16.5. The first-order valence-electron chi connectivity index (χ1n) is 6.27. The normalized spacial score (nSPS) is 12.8. The van der Waals surface area contributed by atoms with Gasteiger partial charge >= 0.3 is 0 Å². The van der Waals surface area contributed by atoms with E-state index >= 15 is 0 Å². The molecule has 0 aliphatic carbocycles. The van der Waals surface area contributed by atoms with Crippen LogP contribution in [0.25, 0.3) is 0 Å². The zero-order valence-corrected chi connectivity index (χ0v) is 11.4. The Kier molecular flexibility index (Phi) is 10.1. The molecule has 0 aliphatic heterocycles. The lowest BCUT2D eigenvalue weighted by Crippen LogP contribution is -2.41. The first kappa shape index (κ1) is 16.4. The molecule has 0 radical (unpaired) electrons. The van der Waals surface area contributed by atoms with E-state index in [0.717, 1.165) is 32.4 Å². The summed E-state index contributed by atoms with van der Waals surface area (Å²) >= 11 is 0. The summed E-state index contributed by atoms with van der Waals surface area (Å²) in [5, 5.41) is 2.89. The molecule has 0 fully saturated rings. The molecular formula is C12H27N3O2. The van der Waals surface area contributed by atoms with Gasteiger partial charge in [-0.2, -0.15) is 0 Å². The molecule has 0 aliphatic rings. The summed E-state index contributed by atoms with van der Waals surface area (Å²) in [6.07, 6.45) is 3.28. The quantitative estimate of drug-likeness (QED) is 0.540. The molecule has 1 amide bonds. The minimum absolute atomic E-state index is 0.0517. The summed E-state index contributed by atoms with van der Waals surface area (Å²) in [4.78, 5) is 13.6. The maximum Gasteiger partial charge on any atom is 0.234 e. The molecule has 102 valence electrons. The van der Waals surface area contributed by atoms with Crippen molar-refractivity contribution in [2.75, 3.05) is 40.4 Å². The van der Waals surface area contributed by atoms with Crippen LogP contribution in [-0.2, 0) is 9.53 Å². The molecule has 0 aromatic heterocycles. The summed E-state index contributed by atoms with van der Waals surface area (Å²) in [5.74, 6) is 0.0517. The van der Waals surface area contributed by atoms with Gasteiger partial charge in [-0.3, -0.25) is 9.69 Å². The van der Waals surface area contributed by atoms with E-state index in [1.54, 1.807) is 7.11 Å². The number of nitrogens with one attached hydrogen (secondary N) is 1. The Labute approximate surface area is 105 Å². The minimum atomic E-state index is 0.0517. The van der Waals surface area contributed by atoms with Gasteiger partial charge < -0.3 is 15.8 Å². The van der Waals surface area contributed by atoms with Crippen LogP contribution in [0.2, 0.25) is 0 Å². The van der Waals surface area contributed by atoms with Gasteiger partial charge in [-0.25, -0.2) is 0 Å². The fourth-order valence-corrected chi connectivity index (χ4v) is 1.64. The highest BCUT2D eigenvalue weighted by Gasteiger charge is 2.09. The molecule has 0 spiro atoms. The smallest absolute Gasteiger partial charge is 0.234 e. The first-order valence-corrected chi connectivity index (χ1v) is 6.27. The standard InChI is InChI=1S/C12H27N3O2/c1-11(10-17-3)14-12(16)9-15(2)8-6-4-5-7-13/h11H,4-10,13H2,1-3H3,(H,14,16).